The fourth-order valence-electron chi connectivity index (χ4n) is 2.15. The summed E-state index contributed by atoms with van der Waals surface area (Å²) in [6.07, 6.45) is 0. The molecule has 0 amide bonds. The zero-order valence-electron chi connectivity index (χ0n) is 12.3. The van der Waals surface area contributed by atoms with Crippen molar-refractivity contribution in [3.63, 3.8) is 0 Å². The van der Waals surface area contributed by atoms with Crippen LogP contribution in [0.2, 0.25) is 0 Å². The molecule has 21 heavy (non-hydrogen) atoms. The van der Waals surface area contributed by atoms with Crippen LogP contribution in [0.25, 0.3) is 0 Å². The van der Waals surface area contributed by atoms with Gasteiger partial charge in [0, 0.05) is 4.47 Å². The Labute approximate surface area is 132 Å². The highest BCUT2D eigenvalue weighted by Crippen LogP contribution is 2.30. The van der Waals surface area contributed by atoms with Crippen LogP contribution in [0, 0.1) is 6.92 Å². The van der Waals surface area contributed by atoms with Crippen LogP contribution in [0.1, 0.15) is 40.4 Å². The van der Waals surface area contributed by atoms with E-state index in [2.05, 4.69) is 38.1 Å². The van der Waals surface area contributed by atoms with Crippen LogP contribution in [0.3, 0.4) is 0 Å². The van der Waals surface area contributed by atoms with E-state index in [1.807, 2.05) is 19.9 Å². The Hall–Kier alpha value is -1.59. The van der Waals surface area contributed by atoms with Gasteiger partial charge >= 0.3 is 5.97 Å². The monoisotopic (exact) mass is 351 g/mol. The molecule has 2 rings (SSSR count). The second-order valence-electron chi connectivity index (χ2n) is 4.71. The maximum atomic E-state index is 11.5. The van der Waals surface area contributed by atoms with Gasteiger partial charge in [0.1, 0.15) is 5.76 Å². The van der Waals surface area contributed by atoms with Gasteiger partial charge in [-0.05, 0) is 42.8 Å². The van der Waals surface area contributed by atoms with Crippen molar-refractivity contribution in [1.82, 2.24) is 5.32 Å². The minimum absolute atomic E-state index is 0.122. The zero-order chi connectivity index (χ0) is 15.4. The normalized spacial score (nSPS) is 12.2. The van der Waals surface area contributed by atoms with E-state index in [9.17, 15) is 4.79 Å². The lowest BCUT2D eigenvalue weighted by atomic mass is 10.0. The van der Waals surface area contributed by atoms with Gasteiger partial charge < -0.3 is 14.5 Å². The van der Waals surface area contributed by atoms with Gasteiger partial charge in [0.2, 0.25) is 5.76 Å². The summed E-state index contributed by atoms with van der Waals surface area (Å²) in [4.78, 5) is 11.5. The van der Waals surface area contributed by atoms with Crippen molar-refractivity contribution in [3.05, 3.63) is 57.5 Å². The van der Waals surface area contributed by atoms with Crippen LogP contribution in [-0.2, 0) is 4.74 Å². The molecule has 1 atom stereocenters. The molecule has 0 bridgehead atoms. The van der Waals surface area contributed by atoms with Crippen molar-refractivity contribution < 1.29 is 13.9 Å². The minimum Gasteiger partial charge on any atom is -0.463 e. The van der Waals surface area contributed by atoms with Crippen molar-refractivity contribution >= 4 is 21.9 Å². The summed E-state index contributed by atoms with van der Waals surface area (Å²) < 4.78 is 11.3. The second-order valence-corrected chi connectivity index (χ2v) is 5.56. The van der Waals surface area contributed by atoms with E-state index >= 15 is 0 Å². The van der Waals surface area contributed by atoms with Gasteiger partial charge in [-0.3, -0.25) is 0 Å². The van der Waals surface area contributed by atoms with E-state index < -0.39 is 5.97 Å². The van der Waals surface area contributed by atoms with Gasteiger partial charge in [-0.2, -0.15) is 0 Å². The molecule has 0 radical (unpaired) electrons. The summed E-state index contributed by atoms with van der Waals surface area (Å²) in [6, 6.07) is 9.47. The Bertz CT molecular complexity index is 636. The van der Waals surface area contributed by atoms with Crippen molar-refractivity contribution in [2.45, 2.75) is 19.9 Å². The van der Waals surface area contributed by atoms with Crippen LogP contribution >= 0.6 is 15.9 Å². The van der Waals surface area contributed by atoms with Crippen molar-refractivity contribution in [1.29, 1.82) is 0 Å². The number of benzene rings is 1. The number of ether oxygens (including phenoxy) is 1. The number of nitrogens with one attached hydrogen (secondary N) is 1. The van der Waals surface area contributed by atoms with E-state index in [4.69, 9.17) is 4.42 Å². The number of hydrogen-bond acceptors (Lipinski definition) is 4. The number of furan rings is 1. The fraction of sp³-hybridized carbons (Fsp3) is 0.312. The third-order valence-electron chi connectivity index (χ3n) is 3.17. The Kier molecular flexibility index (Phi) is 5.20. The van der Waals surface area contributed by atoms with E-state index in [0.717, 1.165) is 16.6 Å². The quantitative estimate of drug-likeness (QED) is 0.831. The molecule has 1 aromatic heterocycles. The molecule has 0 saturated carbocycles. The lowest BCUT2D eigenvalue weighted by molar-refractivity contribution is 0.0562. The van der Waals surface area contributed by atoms with Crippen LogP contribution in [0.5, 0.6) is 0 Å². The maximum Gasteiger partial charge on any atom is 0.373 e. The molecule has 0 aliphatic heterocycles. The van der Waals surface area contributed by atoms with Crippen LogP contribution in [-0.4, -0.2) is 19.6 Å². The Balaban J connectivity index is 2.38. The Morgan fingerprint density at radius 3 is 2.76 bits per heavy atom. The van der Waals surface area contributed by atoms with Crippen molar-refractivity contribution in [2.75, 3.05) is 13.7 Å². The lowest BCUT2D eigenvalue weighted by Crippen LogP contribution is -2.22. The van der Waals surface area contributed by atoms with Crippen molar-refractivity contribution in [3.8, 4) is 0 Å². The van der Waals surface area contributed by atoms with Gasteiger partial charge in [0.15, 0.2) is 0 Å². The molecule has 2 aromatic rings. The first kappa shape index (κ1) is 15.8. The molecule has 1 aromatic carbocycles. The van der Waals surface area contributed by atoms with E-state index in [1.165, 1.54) is 12.7 Å². The average Bonchev–Trinajstić information content (AvgIpc) is 2.94. The molecular weight excluding hydrogens is 334 g/mol. The third-order valence-corrected chi connectivity index (χ3v) is 3.86. The molecule has 1 unspecified atom stereocenters. The van der Waals surface area contributed by atoms with Crippen LogP contribution in [0.15, 0.2) is 39.2 Å². The predicted molar refractivity (Wildman–Crippen MR) is 84.4 cm³/mol. The summed E-state index contributed by atoms with van der Waals surface area (Å²) in [6.45, 7) is 4.84. The first-order chi connectivity index (χ1) is 10.1. The molecule has 0 saturated heterocycles. The topological polar surface area (TPSA) is 51.5 Å². The highest BCUT2D eigenvalue weighted by molar-refractivity contribution is 9.10. The smallest absolute Gasteiger partial charge is 0.373 e. The first-order valence-corrected chi connectivity index (χ1v) is 7.53. The summed E-state index contributed by atoms with van der Waals surface area (Å²) in [5.74, 6) is 0.417. The Morgan fingerprint density at radius 1 is 1.38 bits per heavy atom. The highest BCUT2D eigenvalue weighted by atomic mass is 79.9. The number of hydrogen-bond donors (Lipinski definition) is 1. The number of carbonyl (C=O) groups is 1. The van der Waals surface area contributed by atoms with Crippen molar-refractivity contribution in [2.24, 2.45) is 0 Å². The number of methoxy groups -OCH3 is 1. The molecule has 0 spiro atoms. The van der Waals surface area contributed by atoms with E-state index in [0.29, 0.717) is 5.76 Å². The first-order valence-electron chi connectivity index (χ1n) is 6.74. The van der Waals surface area contributed by atoms with Gasteiger partial charge in [-0.15, -0.1) is 0 Å². The average molecular weight is 352 g/mol. The standard InChI is InChI=1S/C16H18BrNO3/c1-4-18-15(11-6-5-10(2)9-12(11)17)13-7-8-14(21-13)16(19)20-3/h5-9,15,18H,4H2,1-3H3. The summed E-state index contributed by atoms with van der Waals surface area (Å²) in [7, 11) is 1.34. The molecule has 0 aliphatic carbocycles. The summed E-state index contributed by atoms with van der Waals surface area (Å²) >= 11 is 3.59. The molecule has 1 N–H and O–H groups in total. The molecule has 5 heteroatoms. The summed E-state index contributed by atoms with van der Waals surface area (Å²) in [5, 5.41) is 3.37. The molecule has 0 aliphatic rings. The number of rotatable bonds is 5. The molecular formula is C16H18BrNO3. The molecule has 4 nitrogen and oxygen atoms in total. The molecule has 1 heterocycles. The van der Waals surface area contributed by atoms with Crippen LogP contribution < -0.4 is 5.32 Å². The Morgan fingerprint density at radius 2 is 2.14 bits per heavy atom. The predicted octanol–water partition coefficient (Wildman–Crippen LogP) is 3.84. The zero-order valence-corrected chi connectivity index (χ0v) is 13.9. The van der Waals surface area contributed by atoms with Gasteiger partial charge in [-0.1, -0.05) is 35.0 Å². The fourth-order valence-corrected chi connectivity index (χ4v) is 2.87. The minimum atomic E-state index is -0.473. The maximum absolute atomic E-state index is 11.5. The van der Waals surface area contributed by atoms with Gasteiger partial charge in [-0.25, -0.2) is 4.79 Å². The highest BCUT2D eigenvalue weighted by Gasteiger charge is 2.21. The van der Waals surface area contributed by atoms with Gasteiger partial charge in [0.05, 0.1) is 13.2 Å². The largest absolute Gasteiger partial charge is 0.463 e. The SMILES string of the molecule is CCNC(c1ccc(C(=O)OC)o1)c1ccc(C)cc1Br. The van der Waals surface area contributed by atoms with Gasteiger partial charge in [0.25, 0.3) is 0 Å². The van der Waals surface area contributed by atoms with Crippen LogP contribution in [0.4, 0.5) is 0 Å². The lowest BCUT2D eigenvalue weighted by Gasteiger charge is -2.18. The number of carbonyl (C=O) groups excluding carboxylic acids is 1. The third kappa shape index (κ3) is 3.54. The van der Waals surface area contributed by atoms with E-state index in [-0.39, 0.29) is 11.8 Å². The molecule has 112 valence electrons. The number of aryl methyl sites for hydroxylation is 1. The summed E-state index contributed by atoms with van der Waals surface area (Å²) in [5.41, 5.74) is 2.24. The van der Waals surface area contributed by atoms with E-state index in [1.54, 1.807) is 12.1 Å². The number of halogens is 1. The molecule has 0 fully saturated rings. The number of esters is 1. The second kappa shape index (κ2) is 6.91.